The van der Waals surface area contributed by atoms with E-state index >= 15 is 0 Å². The van der Waals surface area contributed by atoms with E-state index in [9.17, 15) is 14.7 Å². The summed E-state index contributed by atoms with van der Waals surface area (Å²) < 4.78 is 6.34. The van der Waals surface area contributed by atoms with Crippen molar-refractivity contribution in [2.75, 3.05) is 26.7 Å². The summed E-state index contributed by atoms with van der Waals surface area (Å²) in [6.45, 7) is 1.51. The van der Waals surface area contributed by atoms with Crippen LogP contribution in [0.4, 0.5) is 0 Å². The monoisotopic (exact) mass is 463 g/mol. The Morgan fingerprint density at radius 3 is 2.38 bits per heavy atom. The van der Waals surface area contributed by atoms with Gasteiger partial charge in [0.1, 0.15) is 6.54 Å². The Labute approximate surface area is 199 Å². The first-order valence-corrected chi connectivity index (χ1v) is 11.5. The topological polar surface area (TPSA) is 91.2 Å². The summed E-state index contributed by atoms with van der Waals surface area (Å²) in [5, 5.41) is 17.2. The third kappa shape index (κ3) is 5.35. The van der Waals surface area contributed by atoms with Crippen LogP contribution in [-0.2, 0) is 19.9 Å². The number of rotatable bonds is 7. The molecule has 0 spiro atoms. The second kappa shape index (κ2) is 10.2. The zero-order valence-electron chi connectivity index (χ0n) is 19.3. The van der Waals surface area contributed by atoms with Gasteiger partial charge in [-0.05, 0) is 17.5 Å². The molecule has 0 radical (unpaired) electrons. The van der Waals surface area contributed by atoms with Gasteiger partial charge in [0, 0.05) is 25.3 Å². The van der Waals surface area contributed by atoms with Gasteiger partial charge in [0.05, 0.1) is 13.6 Å². The van der Waals surface area contributed by atoms with E-state index in [4.69, 9.17) is 4.74 Å². The first-order valence-electron chi connectivity index (χ1n) is 11.5. The van der Waals surface area contributed by atoms with Gasteiger partial charge in [0.2, 0.25) is 5.60 Å². The number of piperidine rings is 1. The Bertz CT molecular complexity index is 1010. The van der Waals surface area contributed by atoms with Crippen LogP contribution in [0, 0.1) is 0 Å². The highest BCUT2D eigenvalue weighted by Gasteiger charge is 2.44. The smallest absolute Gasteiger partial charge is 0.348 e. The number of carbonyl (C=O) groups excluding carboxylic acids is 2. The fraction of sp³-hybridized carbons (Fsp3) is 0.346. The molecule has 4 rings (SSSR count). The maximum absolute atomic E-state index is 13.4. The maximum atomic E-state index is 13.4. The van der Waals surface area contributed by atoms with Crippen LogP contribution in [0.15, 0.2) is 78.0 Å². The highest BCUT2D eigenvalue weighted by atomic mass is 16.6. The lowest BCUT2D eigenvalue weighted by Gasteiger charge is -2.41. The quantitative estimate of drug-likeness (QED) is 0.486. The number of benzene rings is 2. The van der Waals surface area contributed by atoms with Crippen LogP contribution in [0.2, 0.25) is 0 Å². The number of amides is 1. The molecule has 1 fully saturated rings. The second-order valence-electron chi connectivity index (χ2n) is 9.09. The number of likely N-dealkylation sites (N-methyl/N-ethyl adjacent to an activating group) is 1. The molecule has 34 heavy (non-hydrogen) atoms. The number of quaternary nitrogens is 1. The van der Waals surface area contributed by atoms with E-state index in [1.54, 1.807) is 60.9 Å². The summed E-state index contributed by atoms with van der Waals surface area (Å²) in [5.74, 6) is -0.871. The number of nitrogens with one attached hydrogen (secondary N) is 1. The standard InChI is InChI=1S/C26H30N4O4/c1-30(20-24(31)28-29-17-9-8-16-27-29)18-10-15-23(19-30)34-25(32)26(33,21-11-4-2-5-12-21)22-13-6-3-7-14-22/h2-7,9,11-14,16-17,23,33H,8,10,15,18-20H2,1H3/p+1/t23?,30-/m1/s1. The van der Waals surface area contributed by atoms with Gasteiger partial charge in [0.15, 0.2) is 12.6 Å². The van der Waals surface area contributed by atoms with E-state index in [2.05, 4.69) is 10.5 Å². The summed E-state index contributed by atoms with van der Waals surface area (Å²) in [7, 11) is 1.98. The zero-order chi connectivity index (χ0) is 24.0. The molecule has 178 valence electrons. The Hall–Kier alpha value is -3.49. The molecule has 2 N–H and O–H groups in total. The largest absolute Gasteiger partial charge is 0.454 e. The summed E-state index contributed by atoms with van der Waals surface area (Å²) in [5.41, 5.74) is 1.75. The molecule has 0 saturated carbocycles. The van der Waals surface area contributed by atoms with Gasteiger partial charge < -0.3 is 14.3 Å². The number of esters is 1. The molecular formula is C26H31N4O4+. The van der Waals surface area contributed by atoms with E-state index in [1.807, 2.05) is 25.3 Å². The van der Waals surface area contributed by atoms with E-state index in [-0.39, 0.29) is 12.5 Å². The number of nitrogens with zero attached hydrogens (tertiary/aromatic N) is 3. The molecule has 1 unspecified atom stereocenters. The van der Waals surface area contributed by atoms with E-state index in [0.717, 1.165) is 19.4 Å². The molecule has 2 aliphatic heterocycles. The molecule has 0 aromatic heterocycles. The molecule has 1 saturated heterocycles. The molecular weight excluding hydrogens is 432 g/mol. The SMILES string of the molecule is C[N@@+]1(CC(=O)NN2C=CCC=N2)CCCC(OC(=O)C(O)(c2ccccc2)c2ccccc2)C1. The van der Waals surface area contributed by atoms with Crippen molar-refractivity contribution in [2.24, 2.45) is 5.10 Å². The van der Waals surface area contributed by atoms with E-state index in [1.165, 1.54) is 5.12 Å². The van der Waals surface area contributed by atoms with Crippen molar-refractivity contribution in [2.45, 2.75) is 31.0 Å². The molecule has 2 aromatic rings. The van der Waals surface area contributed by atoms with Crippen molar-refractivity contribution in [1.82, 2.24) is 10.5 Å². The number of aliphatic hydroxyl groups is 1. The molecule has 2 aromatic carbocycles. The number of hydrazine groups is 1. The van der Waals surface area contributed by atoms with E-state index < -0.39 is 17.7 Å². The number of likely N-dealkylation sites (tertiary alicyclic amines) is 1. The van der Waals surface area contributed by atoms with Crippen LogP contribution in [0.3, 0.4) is 0 Å². The third-order valence-corrected chi connectivity index (χ3v) is 6.28. The lowest BCUT2D eigenvalue weighted by molar-refractivity contribution is -0.909. The Morgan fingerprint density at radius 2 is 1.79 bits per heavy atom. The lowest BCUT2D eigenvalue weighted by atomic mass is 9.86. The van der Waals surface area contributed by atoms with Crippen molar-refractivity contribution in [3.05, 3.63) is 84.1 Å². The predicted molar refractivity (Wildman–Crippen MR) is 128 cm³/mol. The molecule has 0 aliphatic carbocycles. The van der Waals surface area contributed by atoms with Crippen LogP contribution in [0.1, 0.15) is 30.4 Å². The van der Waals surface area contributed by atoms with Crippen molar-refractivity contribution in [3.63, 3.8) is 0 Å². The number of hydrogen-bond donors (Lipinski definition) is 2. The van der Waals surface area contributed by atoms with Crippen LogP contribution >= 0.6 is 0 Å². The normalized spacial score (nSPS) is 22.3. The van der Waals surface area contributed by atoms with Gasteiger partial charge in [-0.2, -0.15) is 10.2 Å². The van der Waals surface area contributed by atoms with Crippen LogP contribution in [0.5, 0.6) is 0 Å². The van der Waals surface area contributed by atoms with Gasteiger partial charge in [-0.15, -0.1) is 0 Å². The van der Waals surface area contributed by atoms with Crippen molar-refractivity contribution in [3.8, 4) is 0 Å². The van der Waals surface area contributed by atoms with Crippen molar-refractivity contribution >= 4 is 18.1 Å². The summed E-state index contributed by atoms with van der Waals surface area (Å²) >= 11 is 0. The molecule has 8 heteroatoms. The van der Waals surface area contributed by atoms with Gasteiger partial charge >= 0.3 is 5.97 Å². The molecule has 1 amide bonds. The number of ether oxygens (including phenoxy) is 1. The fourth-order valence-electron chi connectivity index (χ4n) is 4.58. The Balaban J connectivity index is 1.46. The minimum absolute atomic E-state index is 0.164. The summed E-state index contributed by atoms with van der Waals surface area (Å²) in [6, 6.07) is 17.7. The maximum Gasteiger partial charge on any atom is 0.348 e. The van der Waals surface area contributed by atoms with Gasteiger partial charge in [-0.25, -0.2) is 10.2 Å². The number of allylic oxidation sites excluding steroid dienone is 1. The van der Waals surface area contributed by atoms with Gasteiger partial charge in [-0.3, -0.25) is 4.79 Å². The van der Waals surface area contributed by atoms with Crippen LogP contribution < -0.4 is 5.43 Å². The van der Waals surface area contributed by atoms with E-state index in [0.29, 0.717) is 28.6 Å². The Morgan fingerprint density at radius 1 is 1.15 bits per heavy atom. The average Bonchev–Trinajstić information content (AvgIpc) is 2.85. The minimum atomic E-state index is -1.92. The van der Waals surface area contributed by atoms with Crippen molar-refractivity contribution < 1.29 is 23.9 Å². The molecule has 0 bridgehead atoms. The minimum Gasteiger partial charge on any atom is -0.454 e. The highest BCUT2D eigenvalue weighted by Crippen LogP contribution is 2.32. The number of hydrogen-bond acceptors (Lipinski definition) is 6. The van der Waals surface area contributed by atoms with Gasteiger partial charge in [0.25, 0.3) is 5.91 Å². The number of carbonyl (C=O) groups is 2. The average molecular weight is 464 g/mol. The van der Waals surface area contributed by atoms with Crippen LogP contribution in [-0.4, -0.2) is 65.6 Å². The lowest BCUT2D eigenvalue weighted by Crippen LogP contribution is -2.58. The molecule has 8 nitrogen and oxygen atoms in total. The highest BCUT2D eigenvalue weighted by molar-refractivity contribution is 5.85. The number of hydrazone groups is 1. The fourth-order valence-corrected chi connectivity index (χ4v) is 4.58. The zero-order valence-corrected chi connectivity index (χ0v) is 19.3. The Kier molecular flexibility index (Phi) is 7.09. The predicted octanol–water partition coefficient (Wildman–Crippen LogP) is 2.31. The third-order valence-electron chi connectivity index (χ3n) is 6.28. The molecule has 2 atom stereocenters. The second-order valence-corrected chi connectivity index (χ2v) is 9.09. The first-order chi connectivity index (χ1) is 16.4. The molecule has 2 aliphatic rings. The molecule has 2 heterocycles. The summed E-state index contributed by atoms with van der Waals surface area (Å²) in [4.78, 5) is 26.1. The van der Waals surface area contributed by atoms with Crippen LogP contribution in [0.25, 0.3) is 0 Å². The first kappa shape index (κ1) is 23.7. The summed E-state index contributed by atoms with van der Waals surface area (Å²) in [6.07, 6.45) is 7.15. The van der Waals surface area contributed by atoms with Gasteiger partial charge in [-0.1, -0.05) is 66.7 Å². The van der Waals surface area contributed by atoms with Crippen molar-refractivity contribution in [1.29, 1.82) is 0 Å².